The largest absolute Gasteiger partial charge is 0.426 e. The summed E-state index contributed by atoms with van der Waals surface area (Å²) in [5.74, 6) is 3.13. The fourth-order valence-electron chi connectivity index (χ4n) is 5.56. The van der Waals surface area contributed by atoms with Crippen molar-refractivity contribution in [1.82, 2.24) is 0 Å². The molecule has 0 bridgehead atoms. The maximum Gasteiger partial charge on any atom is 0.308 e. The molecule has 0 spiro atoms. The fourth-order valence-corrected chi connectivity index (χ4v) is 7.18. The Bertz CT molecular complexity index is 812. The van der Waals surface area contributed by atoms with E-state index in [-0.39, 0.29) is 5.97 Å². The molecule has 1 aliphatic heterocycles. The summed E-state index contributed by atoms with van der Waals surface area (Å²) in [5.41, 5.74) is 4.98. The first-order valence-electron chi connectivity index (χ1n) is 13.9. The molecule has 3 heteroatoms. The molecular weight excluding hydrogens is 436 g/mol. The first kappa shape index (κ1) is 29.3. The van der Waals surface area contributed by atoms with Gasteiger partial charge in [-0.2, -0.15) is 0 Å². The van der Waals surface area contributed by atoms with Crippen LogP contribution in [0.25, 0.3) is 0 Å². The SMILES string of the molecule is CC(=O)Oc1c(C)c(C)c2c(c1C)CCC(C)(CCCC(C)CCCC(C)CCCC(C)C)S2. The molecule has 0 radical (unpaired) electrons. The Labute approximate surface area is 215 Å². The average Bonchev–Trinajstić information content (AvgIpc) is 2.74. The van der Waals surface area contributed by atoms with Crippen molar-refractivity contribution < 1.29 is 9.53 Å². The molecule has 3 unspecified atom stereocenters. The van der Waals surface area contributed by atoms with Gasteiger partial charge in [-0.05, 0) is 80.0 Å². The predicted molar refractivity (Wildman–Crippen MR) is 149 cm³/mol. The molecule has 2 nitrogen and oxygen atoms in total. The van der Waals surface area contributed by atoms with Crippen molar-refractivity contribution in [3.63, 3.8) is 0 Å². The normalized spacial score (nSPS) is 19.7. The van der Waals surface area contributed by atoms with Gasteiger partial charge in [0.25, 0.3) is 0 Å². The fraction of sp³-hybridized carbons (Fsp3) is 0.774. The van der Waals surface area contributed by atoms with Gasteiger partial charge in [-0.25, -0.2) is 0 Å². The van der Waals surface area contributed by atoms with E-state index in [9.17, 15) is 4.79 Å². The molecule has 1 heterocycles. The van der Waals surface area contributed by atoms with E-state index >= 15 is 0 Å². The molecule has 0 fully saturated rings. The highest BCUT2D eigenvalue weighted by Crippen LogP contribution is 2.50. The summed E-state index contributed by atoms with van der Waals surface area (Å²) in [6.07, 6.45) is 14.6. The second kappa shape index (κ2) is 13.4. The molecule has 2 rings (SSSR count). The van der Waals surface area contributed by atoms with Gasteiger partial charge in [0.05, 0.1) is 0 Å². The van der Waals surface area contributed by atoms with Crippen molar-refractivity contribution in [2.45, 2.75) is 143 Å². The Morgan fingerprint density at radius 1 is 0.882 bits per heavy atom. The lowest BCUT2D eigenvalue weighted by molar-refractivity contribution is -0.131. The summed E-state index contributed by atoms with van der Waals surface area (Å²) in [6.45, 7) is 20.0. The maximum atomic E-state index is 11.6. The van der Waals surface area contributed by atoms with Crippen LogP contribution < -0.4 is 4.74 Å². The molecule has 0 amide bonds. The van der Waals surface area contributed by atoms with Gasteiger partial charge < -0.3 is 4.74 Å². The summed E-state index contributed by atoms with van der Waals surface area (Å²) in [7, 11) is 0. The number of carbonyl (C=O) groups excluding carboxylic acids is 1. The standard InChI is InChI=1S/C31H52O2S/c1-21(2)13-10-14-22(3)15-11-16-23(4)17-12-19-31(9)20-18-28-26(7)29(33-27(8)32)24(5)25(6)30(28)34-31/h21-23H,10-20H2,1-9H3. The Kier molecular flexibility index (Phi) is 11.5. The summed E-state index contributed by atoms with van der Waals surface area (Å²) < 4.78 is 5.90. The lowest BCUT2D eigenvalue weighted by atomic mass is 9.88. The molecule has 1 aliphatic rings. The first-order valence-corrected chi connectivity index (χ1v) is 14.7. The topological polar surface area (TPSA) is 26.3 Å². The van der Waals surface area contributed by atoms with Crippen molar-refractivity contribution in [3.05, 3.63) is 22.3 Å². The van der Waals surface area contributed by atoms with Crippen LogP contribution in [0.2, 0.25) is 0 Å². The predicted octanol–water partition coefficient (Wildman–Crippen LogP) is 9.77. The zero-order chi connectivity index (χ0) is 25.5. The van der Waals surface area contributed by atoms with Gasteiger partial charge in [-0.1, -0.05) is 86.0 Å². The van der Waals surface area contributed by atoms with E-state index in [2.05, 4.69) is 67.2 Å². The molecule has 0 aromatic heterocycles. The van der Waals surface area contributed by atoms with E-state index in [4.69, 9.17) is 4.74 Å². The summed E-state index contributed by atoms with van der Waals surface area (Å²) in [4.78, 5) is 13.1. The second-order valence-electron chi connectivity index (χ2n) is 12.0. The lowest BCUT2D eigenvalue weighted by Gasteiger charge is -2.37. The minimum Gasteiger partial charge on any atom is -0.426 e. The van der Waals surface area contributed by atoms with Crippen molar-refractivity contribution in [2.24, 2.45) is 17.8 Å². The molecule has 3 atom stereocenters. The number of fused-ring (bicyclic) bond motifs is 1. The van der Waals surface area contributed by atoms with Crippen LogP contribution in [0.1, 0.15) is 128 Å². The molecule has 0 N–H and O–H groups in total. The van der Waals surface area contributed by atoms with Gasteiger partial charge in [-0.15, -0.1) is 11.8 Å². The summed E-state index contributed by atoms with van der Waals surface area (Å²) in [5, 5.41) is 0. The number of thioether (sulfide) groups is 1. The molecule has 0 saturated carbocycles. The van der Waals surface area contributed by atoms with E-state index < -0.39 is 0 Å². The minimum absolute atomic E-state index is 0.228. The van der Waals surface area contributed by atoms with Crippen LogP contribution in [-0.4, -0.2) is 10.7 Å². The third kappa shape index (κ3) is 8.61. The monoisotopic (exact) mass is 488 g/mol. The van der Waals surface area contributed by atoms with Crippen molar-refractivity contribution in [1.29, 1.82) is 0 Å². The minimum atomic E-state index is -0.228. The average molecular weight is 489 g/mol. The van der Waals surface area contributed by atoms with E-state index in [0.29, 0.717) is 4.75 Å². The van der Waals surface area contributed by atoms with Crippen LogP contribution in [0.5, 0.6) is 5.75 Å². The second-order valence-corrected chi connectivity index (χ2v) is 13.6. The summed E-state index contributed by atoms with van der Waals surface area (Å²) in [6, 6.07) is 0. The lowest BCUT2D eigenvalue weighted by Crippen LogP contribution is -2.26. The Morgan fingerprint density at radius 3 is 2.00 bits per heavy atom. The van der Waals surface area contributed by atoms with E-state index in [0.717, 1.165) is 41.1 Å². The third-order valence-electron chi connectivity index (χ3n) is 8.08. The summed E-state index contributed by atoms with van der Waals surface area (Å²) >= 11 is 2.08. The molecular formula is C31H52O2S. The Hall–Kier alpha value is -0.960. The van der Waals surface area contributed by atoms with E-state index in [1.54, 1.807) is 0 Å². The number of hydrogen-bond donors (Lipinski definition) is 0. The number of benzene rings is 1. The number of carbonyl (C=O) groups is 1. The van der Waals surface area contributed by atoms with Crippen LogP contribution in [0.4, 0.5) is 0 Å². The van der Waals surface area contributed by atoms with Crippen LogP contribution in [0.3, 0.4) is 0 Å². The highest BCUT2D eigenvalue weighted by Gasteiger charge is 2.34. The smallest absolute Gasteiger partial charge is 0.308 e. The van der Waals surface area contributed by atoms with Crippen molar-refractivity contribution in [2.75, 3.05) is 0 Å². The first-order chi connectivity index (χ1) is 15.9. The highest BCUT2D eigenvalue weighted by atomic mass is 32.2. The number of hydrogen-bond acceptors (Lipinski definition) is 3. The van der Waals surface area contributed by atoms with Crippen LogP contribution in [0.15, 0.2) is 4.90 Å². The third-order valence-corrected chi connectivity index (χ3v) is 9.74. The zero-order valence-electron chi connectivity index (χ0n) is 23.7. The van der Waals surface area contributed by atoms with Crippen LogP contribution >= 0.6 is 11.8 Å². The maximum absolute atomic E-state index is 11.6. The molecule has 0 aliphatic carbocycles. The molecule has 1 aromatic carbocycles. The van der Waals surface area contributed by atoms with Gasteiger partial charge in [-0.3, -0.25) is 4.79 Å². The molecule has 1 aromatic rings. The molecule has 34 heavy (non-hydrogen) atoms. The van der Waals surface area contributed by atoms with Gasteiger partial charge in [0.15, 0.2) is 0 Å². The molecule has 194 valence electrons. The van der Waals surface area contributed by atoms with Crippen LogP contribution in [0, 0.1) is 38.5 Å². The van der Waals surface area contributed by atoms with E-state index in [1.165, 1.54) is 87.2 Å². The zero-order valence-corrected chi connectivity index (χ0v) is 24.6. The van der Waals surface area contributed by atoms with Crippen molar-refractivity contribution in [3.8, 4) is 5.75 Å². The number of rotatable bonds is 13. The quantitative estimate of drug-likeness (QED) is 0.204. The number of ether oxygens (including phenoxy) is 1. The van der Waals surface area contributed by atoms with Gasteiger partial charge >= 0.3 is 5.97 Å². The molecule has 0 saturated heterocycles. The van der Waals surface area contributed by atoms with Gasteiger partial charge in [0.1, 0.15) is 5.75 Å². The number of esters is 1. The van der Waals surface area contributed by atoms with Gasteiger partial charge in [0.2, 0.25) is 0 Å². The van der Waals surface area contributed by atoms with Gasteiger partial charge in [0, 0.05) is 16.6 Å². The van der Waals surface area contributed by atoms with Crippen molar-refractivity contribution >= 4 is 17.7 Å². The highest BCUT2D eigenvalue weighted by molar-refractivity contribution is 8.00. The Morgan fingerprint density at radius 2 is 1.44 bits per heavy atom. The Balaban J connectivity index is 1.82. The van der Waals surface area contributed by atoms with E-state index in [1.807, 2.05) is 0 Å². The van der Waals surface area contributed by atoms with Crippen LogP contribution in [-0.2, 0) is 11.2 Å².